The smallest absolute Gasteiger partial charge is 0.261 e. The quantitative estimate of drug-likeness (QED) is 0.586. The van der Waals surface area contributed by atoms with Crippen molar-refractivity contribution >= 4 is 39.2 Å². The lowest BCUT2D eigenvalue weighted by molar-refractivity contribution is -0.113. The first-order valence-electron chi connectivity index (χ1n) is 7.96. The van der Waals surface area contributed by atoms with E-state index in [1.165, 1.54) is 23.9 Å². The SMILES string of the molecule is Cc1cc(NC(=O)CSc2ccc(NS(=O)(=O)c3ccccc3)cc2)no1. The summed E-state index contributed by atoms with van der Waals surface area (Å²) in [6.45, 7) is 1.74. The van der Waals surface area contributed by atoms with Crippen LogP contribution in [0.1, 0.15) is 5.76 Å². The molecule has 0 fully saturated rings. The normalized spacial score (nSPS) is 11.1. The molecule has 27 heavy (non-hydrogen) atoms. The van der Waals surface area contributed by atoms with E-state index in [4.69, 9.17) is 4.52 Å². The van der Waals surface area contributed by atoms with Crippen molar-refractivity contribution in [2.75, 3.05) is 15.8 Å². The van der Waals surface area contributed by atoms with Crippen molar-refractivity contribution in [1.29, 1.82) is 0 Å². The van der Waals surface area contributed by atoms with Crippen LogP contribution >= 0.6 is 11.8 Å². The zero-order valence-electron chi connectivity index (χ0n) is 14.4. The van der Waals surface area contributed by atoms with Crippen molar-refractivity contribution in [2.45, 2.75) is 16.7 Å². The molecule has 9 heteroatoms. The number of hydrogen-bond acceptors (Lipinski definition) is 6. The summed E-state index contributed by atoms with van der Waals surface area (Å²) in [4.78, 5) is 12.9. The van der Waals surface area contributed by atoms with E-state index < -0.39 is 10.0 Å². The second-order valence-electron chi connectivity index (χ2n) is 5.60. The molecule has 0 spiro atoms. The fourth-order valence-corrected chi connectivity index (χ4v) is 3.96. The number of carbonyl (C=O) groups is 1. The number of aromatic nitrogens is 1. The van der Waals surface area contributed by atoms with E-state index >= 15 is 0 Å². The summed E-state index contributed by atoms with van der Waals surface area (Å²) in [6, 6.07) is 16.6. The number of amides is 1. The Morgan fingerprint density at radius 2 is 1.81 bits per heavy atom. The van der Waals surface area contributed by atoms with E-state index in [0.29, 0.717) is 17.3 Å². The molecule has 0 aliphatic heterocycles. The van der Waals surface area contributed by atoms with Crippen LogP contribution in [0.2, 0.25) is 0 Å². The number of aryl methyl sites for hydroxylation is 1. The Hall–Kier alpha value is -2.78. The molecule has 0 atom stereocenters. The lowest BCUT2D eigenvalue weighted by atomic mass is 10.3. The van der Waals surface area contributed by atoms with Gasteiger partial charge in [-0.05, 0) is 43.3 Å². The molecule has 0 bridgehead atoms. The lowest BCUT2D eigenvalue weighted by Crippen LogP contribution is -2.14. The zero-order chi connectivity index (χ0) is 19.3. The Morgan fingerprint density at radius 3 is 2.44 bits per heavy atom. The third-order valence-corrected chi connectivity index (χ3v) is 5.83. The molecule has 1 aromatic heterocycles. The molecule has 3 rings (SSSR count). The van der Waals surface area contributed by atoms with Crippen LogP contribution in [0, 0.1) is 6.92 Å². The van der Waals surface area contributed by atoms with Gasteiger partial charge in [-0.15, -0.1) is 11.8 Å². The zero-order valence-corrected chi connectivity index (χ0v) is 16.0. The minimum Gasteiger partial charge on any atom is -0.360 e. The monoisotopic (exact) mass is 403 g/mol. The van der Waals surface area contributed by atoms with Gasteiger partial charge in [0.2, 0.25) is 5.91 Å². The second kappa shape index (κ2) is 8.28. The van der Waals surface area contributed by atoms with Crippen LogP contribution in [-0.2, 0) is 14.8 Å². The van der Waals surface area contributed by atoms with E-state index in [2.05, 4.69) is 15.2 Å². The van der Waals surface area contributed by atoms with Crippen molar-refractivity contribution in [3.05, 3.63) is 66.4 Å². The summed E-state index contributed by atoms with van der Waals surface area (Å²) < 4.78 is 32.0. The maximum atomic E-state index is 12.3. The Morgan fingerprint density at radius 1 is 1.11 bits per heavy atom. The maximum Gasteiger partial charge on any atom is 0.261 e. The van der Waals surface area contributed by atoms with Crippen molar-refractivity contribution in [2.24, 2.45) is 0 Å². The van der Waals surface area contributed by atoms with Crippen LogP contribution in [-0.4, -0.2) is 25.2 Å². The number of nitrogens with zero attached hydrogens (tertiary/aromatic N) is 1. The summed E-state index contributed by atoms with van der Waals surface area (Å²) in [5, 5.41) is 6.34. The van der Waals surface area contributed by atoms with Gasteiger partial charge in [-0.1, -0.05) is 23.4 Å². The Bertz CT molecular complexity index is 1020. The minimum absolute atomic E-state index is 0.195. The summed E-state index contributed by atoms with van der Waals surface area (Å²) in [5.41, 5.74) is 0.450. The second-order valence-corrected chi connectivity index (χ2v) is 8.33. The van der Waals surface area contributed by atoms with Crippen LogP contribution in [0.5, 0.6) is 0 Å². The first-order chi connectivity index (χ1) is 12.9. The average molecular weight is 403 g/mol. The Labute approximate surface area is 161 Å². The minimum atomic E-state index is -3.62. The molecular formula is C18H17N3O4S2. The van der Waals surface area contributed by atoms with E-state index in [-0.39, 0.29) is 16.6 Å². The van der Waals surface area contributed by atoms with Gasteiger partial charge in [0.15, 0.2) is 5.82 Å². The number of rotatable bonds is 7. The highest BCUT2D eigenvalue weighted by Crippen LogP contribution is 2.22. The summed E-state index contributed by atoms with van der Waals surface area (Å²) in [7, 11) is -3.62. The Balaban J connectivity index is 1.55. The largest absolute Gasteiger partial charge is 0.360 e. The van der Waals surface area contributed by atoms with E-state index in [0.717, 1.165) is 4.90 Å². The highest BCUT2D eigenvalue weighted by Gasteiger charge is 2.13. The van der Waals surface area contributed by atoms with Crippen LogP contribution in [0.25, 0.3) is 0 Å². The van der Waals surface area contributed by atoms with Gasteiger partial charge in [-0.3, -0.25) is 9.52 Å². The molecule has 0 aliphatic carbocycles. The molecule has 0 saturated carbocycles. The maximum absolute atomic E-state index is 12.3. The van der Waals surface area contributed by atoms with Gasteiger partial charge in [0.25, 0.3) is 10.0 Å². The third-order valence-electron chi connectivity index (χ3n) is 3.43. The topological polar surface area (TPSA) is 101 Å². The fourth-order valence-electron chi connectivity index (χ4n) is 2.19. The van der Waals surface area contributed by atoms with Crippen LogP contribution in [0.4, 0.5) is 11.5 Å². The van der Waals surface area contributed by atoms with Crippen LogP contribution in [0.15, 0.2) is 75.0 Å². The average Bonchev–Trinajstić information content (AvgIpc) is 3.06. The molecule has 0 radical (unpaired) electrons. The van der Waals surface area contributed by atoms with Gasteiger partial charge >= 0.3 is 0 Å². The van der Waals surface area contributed by atoms with Crippen molar-refractivity contribution < 1.29 is 17.7 Å². The first-order valence-corrected chi connectivity index (χ1v) is 10.4. The number of sulfonamides is 1. The molecule has 1 amide bonds. The van der Waals surface area contributed by atoms with Crippen molar-refractivity contribution in [3.63, 3.8) is 0 Å². The summed E-state index contributed by atoms with van der Waals surface area (Å²) in [5.74, 6) is 0.985. The molecule has 2 N–H and O–H groups in total. The van der Waals surface area contributed by atoms with Crippen molar-refractivity contribution in [1.82, 2.24) is 5.16 Å². The fraction of sp³-hybridized carbons (Fsp3) is 0.111. The summed E-state index contributed by atoms with van der Waals surface area (Å²) in [6.07, 6.45) is 0. The van der Waals surface area contributed by atoms with Gasteiger partial charge in [-0.25, -0.2) is 8.42 Å². The van der Waals surface area contributed by atoms with E-state index in [9.17, 15) is 13.2 Å². The third kappa shape index (κ3) is 5.35. The molecule has 0 aliphatic rings. The van der Waals surface area contributed by atoms with E-state index in [1.807, 2.05) is 0 Å². The number of thioether (sulfide) groups is 1. The molecule has 3 aromatic rings. The molecular weight excluding hydrogens is 386 g/mol. The summed E-state index contributed by atoms with van der Waals surface area (Å²) >= 11 is 1.33. The lowest BCUT2D eigenvalue weighted by Gasteiger charge is -2.08. The van der Waals surface area contributed by atoms with Gasteiger partial charge in [0, 0.05) is 16.6 Å². The number of benzene rings is 2. The Kier molecular flexibility index (Phi) is 5.82. The molecule has 0 unspecified atom stereocenters. The number of carbonyl (C=O) groups excluding carboxylic acids is 1. The number of hydrogen-bond donors (Lipinski definition) is 2. The van der Waals surface area contributed by atoms with Gasteiger partial charge < -0.3 is 9.84 Å². The van der Waals surface area contributed by atoms with Gasteiger partial charge in [-0.2, -0.15) is 0 Å². The molecule has 1 heterocycles. The molecule has 2 aromatic carbocycles. The number of nitrogens with one attached hydrogen (secondary N) is 2. The standard InChI is InChI=1S/C18H17N3O4S2/c1-13-11-17(20-25-13)19-18(22)12-26-15-9-7-14(8-10-15)21-27(23,24)16-5-3-2-4-6-16/h2-11,21H,12H2,1H3,(H,19,20,22). The van der Waals surface area contributed by atoms with E-state index in [1.54, 1.807) is 55.5 Å². The molecule has 0 saturated heterocycles. The molecule has 7 nitrogen and oxygen atoms in total. The first kappa shape index (κ1) is 19.0. The molecule has 140 valence electrons. The predicted octanol–water partition coefficient (Wildman–Crippen LogP) is 3.51. The van der Waals surface area contributed by atoms with Crippen LogP contribution in [0.3, 0.4) is 0 Å². The predicted molar refractivity (Wildman–Crippen MR) is 104 cm³/mol. The number of anilines is 2. The van der Waals surface area contributed by atoms with Gasteiger partial charge in [0.1, 0.15) is 5.76 Å². The van der Waals surface area contributed by atoms with Crippen LogP contribution < -0.4 is 10.0 Å². The highest BCUT2D eigenvalue weighted by atomic mass is 32.2. The highest BCUT2D eigenvalue weighted by molar-refractivity contribution is 8.00. The van der Waals surface area contributed by atoms with Crippen molar-refractivity contribution in [3.8, 4) is 0 Å². The van der Waals surface area contributed by atoms with Gasteiger partial charge in [0.05, 0.1) is 10.6 Å².